The van der Waals surface area contributed by atoms with Crippen molar-refractivity contribution in [1.82, 2.24) is 0 Å². The molecule has 0 unspecified atom stereocenters. The van der Waals surface area contributed by atoms with Crippen LogP contribution in [0.25, 0.3) is 6.08 Å². The Morgan fingerprint density at radius 1 is 0.750 bits per heavy atom. The SMILES string of the molecule is COc1cccc2c1C=CC(c1ccccc1)(c1ccccc1)O2. The van der Waals surface area contributed by atoms with Gasteiger partial charge in [-0.3, -0.25) is 0 Å². The van der Waals surface area contributed by atoms with Crippen LogP contribution in [-0.4, -0.2) is 7.11 Å². The summed E-state index contributed by atoms with van der Waals surface area (Å²) in [5, 5.41) is 0. The van der Waals surface area contributed by atoms with Crippen molar-refractivity contribution in [3.05, 3.63) is 102 Å². The van der Waals surface area contributed by atoms with Gasteiger partial charge in [-0.15, -0.1) is 0 Å². The van der Waals surface area contributed by atoms with Gasteiger partial charge in [-0.2, -0.15) is 0 Å². The molecule has 2 nitrogen and oxygen atoms in total. The highest BCUT2D eigenvalue weighted by Gasteiger charge is 2.37. The maximum absolute atomic E-state index is 6.57. The van der Waals surface area contributed by atoms with Crippen molar-refractivity contribution >= 4 is 6.08 Å². The average molecular weight is 314 g/mol. The summed E-state index contributed by atoms with van der Waals surface area (Å²) in [5.74, 6) is 1.64. The van der Waals surface area contributed by atoms with E-state index in [0.717, 1.165) is 28.2 Å². The Morgan fingerprint density at radius 2 is 1.38 bits per heavy atom. The Hall–Kier alpha value is -3.00. The van der Waals surface area contributed by atoms with Crippen molar-refractivity contribution in [3.63, 3.8) is 0 Å². The highest BCUT2D eigenvalue weighted by Crippen LogP contribution is 2.44. The molecule has 4 rings (SSSR count). The third-order valence-electron chi connectivity index (χ3n) is 4.41. The smallest absolute Gasteiger partial charge is 0.178 e. The Balaban J connectivity index is 1.92. The minimum atomic E-state index is -0.637. The zero-order valence-electron chi connectivity index (χ0n) is 13.5. The molecular weight excluding hydrogens is 296 g/mol. The first-order valence-corrected chi connectivity index (χ1v) is 8.00. The maximum atomic E-state index is 6.57. The summed E-state index contributed by atoms with van der Waals surface area (Å²) in [5.41, 5.74) is 2.53. The van der Waals surface area contributed by atoms with Crippen molar-refractivity contribution in [2.45, 2.75) is 5.60 Å². The zero-order chi connectivity index (χ0) is 16.4. The van der Waals surface area contributed by atoms with Gasteiger partial charge in [0.15, 0.2) is 5.60 Å². The van der Waals surface area contributed by atoms with Crippen LogP contribution in [0, 0.1) is 0 Å². The summed E-state index contributed by atoms with van der Waals surface area (Å²) in [7, 11) is 1.68. The second kappa shape index (κ2) is 5.89. The van der Waals surface area contributed by atoms with Gasteiger partial charge >= 0.3 is 0 Å². The van der Waals surface area contributed by atoms with Crippen LogP contribution in [-0.2, 0) is 5.60 Å². The molecule has 0 saturated heterocycles. The predicted molar refractivity (Wildman–Crippen MR) is 96.3 cm³/mol. The van der Waals surface area contributed by atoms with E-state index in [2.05, 4.69) is 36.4 Å². The molecule has 0 radical (unpaired) electrons. The molecule has 0 fully saturated rings. The van der Waals surface area contributed by atoms with Gasteiger partial charge in [0.05, 0.1) is 12.7 Å². The third kappa shape index (κ3) is 2.28. The molecule has 2 heteroatoms. The third-order valence-corrected chi connectivity index (χ3v) is 4.41. The maximum Gasteiger partial charge on any atom is 0.178 e. The van der Waals surface area contributed by atoms with E-state index in [4.69, 9.17) is 9.47 Å². The largest absolute Gasteiger partial charge is 0.496 e. The molecule has 3 aromatic rings. The van der Waals surface area contributed by atoms with Crippen LogP contribution >= 0.6 is 0 Å². The summed E-state index contributed by atoms with van der Waals surface area (Å²) in [6, 6.07) is 26.5. The van der Waals surface area contributed by atoms with Crippen LogP contribution in [0.1, 0.15) is 16.7 Å². The number of methoxy groups -OCH3 is 1. The highest BCUT2D eigenvalue weighted by atomic mass is 16.5. The van der Waals surface area contributed by atoms with Crippen LogP contribution in [0.4, 0.5) is 0 Å². The van der Waals surface area contributed by atoms with Gasteiger partial charge in [-0.25, -0.2) is 0 Å². The minimum Gasteiger partial charge on any atom is -0.496 e. The monoisotopic (exact) mass is 314 g/mol. The molecule has 1 heterocycles. The number of hydrogen-bond donors (Lipinski definition) is 0. The van der Waals surface area contributed by atoms with Crippen molar-refractivity contribution in [2.24, 2.45) is 0 Å². The van der Waals surface area contributed by atoms with Crippen LogP contribution < -0.4 is 9.47 Å². The fraction of sp³-hybridized carbons (Fsp3) is 0.0909. The lowest BCUT2D eigenvalue weighted by Gasteiger charge is -2.36. The summed E-state index contributed by atoms with van der Waals surface area (Å²) in [6.07, 6.45) is 4.21. The first kappa shape index (κ1) is 14.6. The standard InChI is InChI=1S/C22H18O2/c1-23-20-13-8-14-21-19(20)15-16-22(24-21,17-9-4-2-5-10-17)18-11-6-3-7-12-18/h2-16H,1H3. The van der Waals surface area contributed by atoms with Crippen LogP contribution in [0.15, 0.2) is 84.9 Å². The Morgan fingerprint density at radius 3 is 1.96 bits per heavy atom. The van der Waals surface area contributed by atoms with Gasteiger partial charge < -0.3 is 9.47 Å². The van der Waals surface area contributed by atoms with E-state index in [1.54, 1.807) is 7.11 Å². The van der Waals surface area contributed by atoms with E-state index in [1.165, 1.54) is 0 Å². The second-order valence-corrected chi connectivity index (χ2v) is 5.78. The molecule has 0 aromatic heterocycles. The number of fused-ring (bicyclic) bond motifs is 1. The number of rotatable bonds is 3. The first-order chi connectivity index (χ1) is 11.8. The van der Waals surface area contributed by atoms with Crippen LogP contribution in [0.5, 0.6) is 11.5 Å². The van der Waals surface area contributed by atoms with Gasteiger partial charge in [-0.05, 0) is 24.3 Å². The van der Waals surface area contributed by atoms with Crippen LogP contribution in [0.2, 0.25) is 0 Å². The lowest BCUT2D eigenvalue weighted by molar-refractivity contribution is 0.160. The molecule has 24 heavy (non-hydrogen) atoms. The lowest BCUT2D eigenvalue weighted by atomic mass is 9.83. The molecule has 0 amide bonds. The summed E-state index contributed by atoms with van der Waals surface area (Å²) >= 11 is 0. The summed E-state index contributed by atoms with van der Waals surface area (Å²) in [6.45, 7) is 0. The van der Waals surface area contributed by atoms with Crippen molar-refractivity contribution in [1.29, 1.82) is 0 Å². The number of benzene rings is 3. The van der Waals surface area contributed by atoms with Crippen molar-refractivity contribution < 1.29 is 9.47 Å². The van der Waals surface area contributed by atoms with Gasteiger partial charge in [0.1, 0.15) is 11.5 Å². The predicted octanol–water partition coefficient (Wildman–Crippen LogP) is 5.04. The molecule has 118 valence electrons. The highest BCUT2D eigenvalue weighted by molar-refractivity contribution is 5.69. The second-order valence-electron chi connectivity index (χ2n) is 5.78. The van der Waals surface area contributed by atoms with E-state index in [1.807, 2.05) is 54.6 Å². The van der Waals surface area contributed by atoms with Crippen molar-refractivity contribution in [3.8, 4) is 11.5 Å². The molecular formula is C22H18O2. The Labute approximate surface area is 142 Å². The lowest BCUT2D eigenvalue weighted by Crippen LogP contribution is -2.34. The molecule has 0 bridgehead atoms. The molecule has 1 aliphatic rings. The summed E-state index contributed by atoms with van der Waals surface area (Å²) < 4.78 is 12.0. The average Bonchev–Trinajstić information content (AvgIpc) is 2.68. The molecule has 0 N–H and O–H groups in total. The number of ether oxygens (including phenoxy) is 2. The molecule has 1 aliphatic heterocycles. The fourth-order valence-electron chi connectivity index (χ4n) is 3.21. The molecule has 0 aliphatic carbocycles. The molecule has 3 aromatic carbocycles. The van der Waals surface area contributed by atoms with E-state index in [-0.39, 0.29) is 0 Å². The molecule has 0 saturated carbocycles. The zero-order valence-corrected chi connectivity index (χ0v) is 13.5. The quantitative estimate of drug-likeness (QED) is 0.674. The van der Waals surface area contributed by atoms with Crippen molar-refractivity contribution in [2.75, 3.05) is 7.11 Å². The van der Waals surface area contributed by atoms with Crippen LogP contribution in [0.3, 0.4) is 0 Å². The Bertz CT molecular complexity index is 827. The van der Waals surface area contributed by atoms with E-state index in [0.29, 0.717) is 0 Å². The normalized spacial score (nSPS) is 14.5. The topological polar surface area (TPSA) is 18.5 Å². The fourth-order valence-corrected chi connectivity index (χ4v) is 3.21. The Kier molecular flexibility index (Phi) is 3.58. The van der Waals surface area contributed by atoms with Gasteiger partial charge in [0, 0.05) is 11.1 Å². The van der Waals surface area contributed by atoms with Gasteiger partial charge in [-0.1, -0.05) is 66.7 Å². The van der Waals surface area contributed by atoms with Gasteiger partial charge in [0.25, 0.3) is 0 Å². The molecule has 0 spiro atoms. The number of hydrogen-bond acceptors (Lipinski definition) is 2. The molecule has 0 atom stereocenters. The van der Waals surface area contributed by atoms with E-state index < -0.39 is 5.60 Å². The van der Waals surface area contributed by atoms with Gasteiger partial charge in [0.2, 0.25) is 0 Å². The minimum absolute atomic E-state index is 0.637. The first-order valence-electron chi connectivity index (χ1n) is 8.00. The van der Waals surface area contributed by atoms with E-state index in [9.17, 15) is 0 Å². The summed E-state index contributed by atoms with van der Waals surface area (Å²) in [4.78, 5) is 0. The van der Waals surface area contributed by atoms with E-state index >= 15 is 0 Å².